The molecular weight excluding hydrogens is 244 g/mol. The second-order valence-electron chi connectivity index (χ2n) is 5.35. The van der Waals surface area contributed by atoms with Crippen LogP contribution in [-0.4, -0.2) is 42.4 Å². The van der Waals surface area contributed by atoms with Crippen LogP contribution in [0, 0.1) is 5.41 Å². The van der Waals surface area contributed by atoms with Crippen LogP contribution in [0.3, 0.4) is 0 Å². The Morgan fingerprint density at radius 3 is 2.68 bits per heavy atom. The topological polar surface area (TPSA) is 84.5 Å². The molecule has 0 aromatic carbocycles. The minimum absolute atomic E-state index is 0.0122. The monoisotopic (exact) mass is 266 g/mol. The van der Waals surface area contributed by atoms with Gasteiger partial charge in [0.2, 0.25) is 11.8 Å². The second kappa shape index (κ2) is 5.61. The van der Waals surface area contributed by atoms with E-state index >= 15 is 0 Å². The summed E-state index contributed by atoms with van der Waals surface area (Å²) >= 11 is 0. The maximum absolute atomic E-state index is 9.66. The zero-order chi connectivity index (χ0) is 13.9. The van der Waals surface area contributed by atoms with Gasteiger partial charge in [-0.15, -0.1) is 0 Å². The van der Waals surface area contributed by atoms with E-state index in [1.807, 2.05) is 11.9 Å². The quantitative estimate of drug-likeness (QED) is 0.829. The van der Waals surface area contributed by atoms with Crippen LogP contribution in [-0.2, 0) is 0 Å². The lowest BCUT2D eigenvalue weighted by Gasteiger charge is -2.32. The van der Waals surface area contributed by atoms with E-state index in [0.29, 0.717) is 5.88 Å². The summed E-state index contributed by atoms with van der Waals surface area (Å²) < 4.78 is 5.10. The van der Waals surface area contributed by atoms with Crippen LogP contribution in [0.2, 0.25) is 0 Å². The summed E-state index contributed by atoms with van der Waals surface area (Å²) in [6.07, 6.45) is 4.49. The van der Waals surface area contributed by atoms with E-state index in [0.717, 1.165) is 25.2 Å². The molecule has 1 aromatic rings. The first-order chi connectivity index (χ1) is 9.08. The van der Waals surface area contributed by atoms with Crippen molar-refractivity contribution in [2.24, 2.45) is 5.41 Å². The van der Waals surface area contributed by atoms with Crippen LogP contribution >= 0.6 is 0 Å². The SMILES string of the molecule is COc1cc(N(C)CC2(CO)CCCC2)nc(N)n1. The first kappa shape index (κ1) is 13.9. The molecule has 1 aromatic heterocycles. The summed E-state index contributed by atoms with van der Waals surface area (Å²) in [6.45, 7) is 0.984. The number of aliphatic hydroxyl groups is 1. The van der Waals surface area contributed by atoms with Crippen LogP contribution in [0.4, 0.5) is 11.8 Å². The van der Waals surface area contributed by atoms with Gasteiger partial charge in [-0.05, 0) is 12.8 Å². The average molecular weight is 266 g/mol. The molecule has 0 radical (unpaired) electrons. The fourth-order valence-corrected chi connectivity index (χ4v) is 2.81. The van der Waals surface area contributed by atoms with Crippen LogP contribution in [0.5, 0.6) is 5.88 Å². The van der Waals surface area contributed by atoms with Crippen molar-refractivity contribution in [3.63, 3.8) is 0 Å². The van der Waals surface area contributed by atoms with E-state index in [1.54, 1.807) is 13.2 Å². The third-order valence-electron chi connectivity index (χ3n) is 3.88. The number of nitrogens with zero attached hydrogens (tertiary/aromatic N) is 3. The molecule has 1 saturated carbocycles. The van der Waals surface area contributed by atoms with E-state index in [-0.39, 0.29) is 18.0 Å². The number of hydrogen-bond acceptors (Lipinski definition) is 6. The molecule has 1 aliphatic rings. The Balaban J connectivity index is 2.14. The maximum atomic E-state index is 9.66. The highest BCUT2D eigenvalue weighted by atomic mass is 16.5. The van der Waals surface area contributed by atoms with Gasteiger partial charge < -0.3 is 20.5 Å². The number of hydrogen-bond donors (Lipinski definition) is 2. The molecule has 0 aliphatic heterocycles. The summed E-state index contributed by atoms with van der Waals surface area (Å²) in [5, 5.41) is 9.66. The highest BCUT2D eigenvalue weighted by molar-refractivity contribution is 5.45. The third kappa shape index (κ3) is 3.07. The fraction of sp³-hybridized carbons (Fsp3) is 0.692. The normalized spacial score (nSPS) is 17.4. The van der Waals surface area contributed by atoms with E-state index in [9.17, 15) is 5.11 Å². The fourth-order valence-electron chi connectivity index (χ4n) is 2.81. The van der Waals surface area contributed by atoms with Gasteiger partial charge in [0.05, 0.1) is 13.7 Å². The number of ether oxygens (including phenoxy) is 1. The summed E-state index contributed by atoms with van der Waals surface area (Å²) in [7, 11) is 3.51. The number of nitrogens with two attached hydrogens (primary N) is 1. The van der Waals surface area contributed by atoms with E-state index in [4.69, 9.17) is 10.5 Å². The van der Waals surface area contributed by atoms with Crippen LogP contribution in [0.1, 0.15) is 25.7 Å². The predicted octanol–water partition coefficient (Wildman–Crippen LogP) is 1.06. The van der Waals surface area contributed by atoms with Gasteiger partial charge in [0.25, 0.3) is 0 Å². The number of nitrogen functional groups attached to an aromatic ring is 1. The standard InChI is InChI=1S/C13H22N4O2/c1-17(8-13(9-18)5-3-4-6-13)10-7-11(19-2)16-12(14)15-10/h7,18H,3-6,8-9H2,1-2H3,(H2,14,15,16). The Morgan fingerprint density at radius 1 is 1.42 bits per heavy atom. The van der Waals surface area contributed by atoms with Crippen molar-refractivity contribution < 1.29 is 9.84 Å². The summed E-state index contributed by atoms with van der Waals surface area (Å²) in [4.78, 5) is 10.2. The van der Waals surface area contributed by atoms with Crippen molar-refractivity contribution in [2.45, 2.75) is 25.7 Å². The summed E-state index contributed by atoms with van der Waals surface area (Å²) in [5.41, 5.74) is 5.66. The Bertz CT molecular complexity index is 433. The van der Waals surface area contributed by atoms with Gasteiger partial charge in [-0.25, -0.2) is 0 Å². The zero-order valence-corrected chi connectivity index (χ0v) is 11.6. The van der Waals surface area contributed by atoms with Crippen LogP contribution in [0.25, 0.3) is 0 Å². The molecule has 0 atom stereocenters. The van der Waals surface area contributed by atoms with E-state index in [2.05, 4.69) is 9.97 Å². The molecule has 6 nitrogen and oxygen atoms in total. The molecule has 1 heterocycles. The minimum Gasteiger partial charge on any atom is -0.481 e. The molecule has 3 N–H and O–H groups in total. The maximum Gasteiger partial charge on any atom is 0.225 e. The average Bonchev–Trinajstić information content (AvgIpc) is 2.87. The molecule has 0 unspecified atom stereocenters. The van der Waals surface area contributed by atoms with Gasteiger partial charge in [-0.2, -0.15) is 9.97 Å². The molecule has 1 aliphatic carbocycles. The lowest BCUT2D eigenvalue weighted by atomic mass is 9.87. The van der Waals surface area contributed by atoms with Crippen molar-refractivity contribution in [3.05, 3.63) is 6.07 Å². The number of anilines is 2. The molecular formula is C13H22N4O2. The van der Waals surface area contributed by atoms with Crippen LogP contribution in [0.15, 0.2) is 6.07 Å². The second-order valence-corrected chi connectivity index (χ2v) is 5.35. The number of aliphatic hydroxyl groups excluding tert-OH is 1. The molecule has 19 heavy (non-hydrogen) atoms. The molecule has 0 bridgehead atoms. The van der Waals surface area contributed by atoms with E-state index < -0.39 is 0 Å². The molecule has 0 saturated heterocycles. The van der Waals surface area contributed by atoms with Crippen molar-refractivity contribution in [2.75, 3.05) is 37.9 Å². The van der Waals surface area contributed by atoms with Gasteiger partial charge in [-0.1, -0.05) is 12.8 Å². The molecule has 0 spiro atoms. The van der Waals surface area contributed by atoms with Gasteiger partial charge >= 0.3 is 0 Å². The number of methoxy groups -OCH3 is 1. The highest BCUT2D eigenvalue weighted by Gasteiger charge is 2.34. The molecule has 1 fully saturated rings. The smallest absolute Gasteiger partial charge is 0.225 e. The lowest BCUT2D eigenvalue weighted by Crippen LogP contribution is -2.37. The van der Waals surface area contributed by atoms with Gasteiger partial charge in [-0.3, -0.25) is 0 Å². The Morgan fingerprint density at radius 2 is 2.11 bits per heavy atom. The highest BCUT2D eigenvalue weighted by Crippen LogP contribution is 2.38. The zero-order valence-electron chi connectivity index (χ0n) is 11.6. The summed E-state index contributed by atoms with van der Waals surface area (Å²) in [5.74, 6) is 1.38. The molecule has 106 valence electrons. The van der Waals surface area contributed by atoms with Gasteiger partial charge in [0.15, 0.2) is 0 Å². The Kier molecular flexibility index (Phi) is 4.09. The van der Waals surface area contributed by atoms with E-state index in [1.165, 1.54) is 12.8 Å². The van der Waals surface area contributed by atoms with Crippen molar-refractivity contribution >= 4 is 11.8 Å². The molecule has 6 heteroatoms. The largest absolute Gasteiger partial charge is 0.481 e. The lowest BCUT2D eigenvalue weighted by molar-refractivity contribution is 0.136. The number of aromatic nitrogens is 2. The van der Waals surface area contributed by atoms with Gasteiger partial charge in [0, 0.05) is 25.1 Å². The first-order valence-electron chi connectivity index (χ1n) is 6.59. The van der Waals surface area contributed by atoms with Crippen LogP contribution < -0.4 is 15.4 Å². The first-order valence-corrected chi connectivity index (χ1v) is 6.59. The predicted molar refractivity (Wildman–Crippen MR) is 74.3 cm³/mol. The van der Waals surface area contributed by atoms with Crippen molar-refractivity contribution in [3.8, 4) is 5.88 Å². The van der Waals surface area contributed by atoms with Gasteiger partial charge in [0.1, 0.15) is 5.82 Å². The Hall–Kier alpha value is -1.56. The molecule has 2 rings (SSSR count). The molecule has 0 amide bonds. The third-order valence-corrected chi connectivity index (χ3v) is 3.88. The number of rotatable bonds is 5. The van der Waals surface area contributed by atoms with Crippen molar-refractivity contribution in [1.29, 1.82) is 0 Å². The Labute approximate surface area is 113 Å². The minimum atomic E-state index is -0.0122. The van der Waals surface area contributed by atoms with Crippen molar-refractivity contribution in [1.82, 2.24) is 9.97 Å². The summed E-state index contributed by atoms with van der Waals surface area (Å²) in [6, 6.07) is 1.76.